The topological polar surface area (TPSA) is 29.5 Å². The molecule has 0 spiro atoms. The van der Waals surface area contributed by atoms with E-state index in [1.54, 1.807) is 0 Å². The van der Waals surface area contributed by atoms with Crippen LogP contribution < -0.4 is 4.90 Å². The molecule has 0 atom stereocenters. The van der Waals surface area contributed by atoms with Crippen molar-refractivity contribution in [3.8, 4) is 33.4 Å². The van der Waals surface area contributed by atoms with Crippen LogP contribution in [0.25, 0.3) is 88.0 Å². The van der Waals surface area contributed by atoms with Crippen molar-refractivity contribution in [3.63, 3.8) is 0 Å². The van der Waals surface area contributed by atoms with E-state index in [1.807, 2.05) is 18.2 Å². The van der Waals surface area contributed by atoms with Gasteiger partial charge in [0.25, 0.3) is 0 Å². The molecule has 0 N–H and O–H groups in total. The second-order valence-corrected chi connectivity index (χ2v) is 14.1. The first-order valence-corrected chi connectivity index (χ1v) is 18.7. The Morgan fingerprint density at radius 3 is 1.64 bits per heavy atom. The van der Waals surface area contributed by atoms with E-state index in [0.29, 0.717) is 0 Å². The van der Waals surface area contributed by atoms with Crippen molar-refractivity contribution in [2.24, 2.45) is 0 Å². The van der Waals surface area contributed by atoms with Gasteiger partial charge in [0, 0.05) is 44.0 Å². The first-order chi connectivity index (χ1) is 27.3. The van der Waals surface area contributed by atoms with Crippen molar-refractivity contribution in [1.29, 1.82) is 0 Å². The van der Waals surface area contributed by atoms with Crippen molar-refractivity contribution in [3.05, 3.63) is 200 Å². The van der Waals surface area contributed by atoms with Crippen molar-refractivity contribution >= 4 is 71.7 Å². The number of hydrogen-bond acceptors (Lipinski definition) is 3. The highest BCUT2D eigenvalue weighted by molar-refractivity contribution is 6.23. The molecule has 0 bridgehead atoms. The van der Waals surface area contributed by atoms with Crippen LogP contribution in [0, 0.1) is 0 Å². The minimum Gasteiger partial charge on any atom is -0.456 e. The summed E-state index contributed by atoms with van der Waals surface area (Å²) in [6.45, 7) is 0. The number of fused-ring (bicyclic) bond motifs is 8. The third-order valence-electron chi connectivity index (χ3n) is 10.9. The normalized spacial score (nSPS) is 11.6. The monoisotopic (exact) mass is 703 g/mol. The molecule has 0 saturated heterocycles. The van der Waals surface area contributed by atoms with Crippen molar-refractivity contribution in [1.82, 2.24) is 0 Å². The maximum Gasteiger partial charge on any atom is 0.143 e. The molecular weight excluding hydrogens is 671 g/mol. The van der Waals surface area contributed by atoms with Crippen LogP contribution in [0.3, 0.4) is 0 Å². The average Bonchev–Trinajstić information content (AvgIpc) is 3.83. The predicted octanol–water partition coefficient (Wildman–Crippen LogP) is 15.1. The van der Waals surface area contributed by atoms with E-state index < -0.39 is 0 Å². The molecule has 2 aromatic heterocycles. The highest BCUT2D eigenvalue weighted by Crippen LogP contribution is 2.47. The Bertz CT molecular complexity index is 3190. The molecule has 0 radical (unpaired) electrons. The van der Waals surface area contributed by atoms with Crippen LogP contribution in [0.1, 0.15) is 0 Å². The van der Waals surface area contributed by atoms with E-state index >= 15 is 0 Å². The standard InChI is InChI=1S/C52H33NO2/c1-2-12-34(13-3-1)35-22-27-39(28-23-35)53(40-29-24-36(25-30-40)37-26-31-44-43-17-7-10-20-48(43)54-50(44)33-37)47-19-9-6-16-42(47)46-32-38-14-4-5-15-41(38)51-45-18-8-11-21-49(45)55-52(46)51/h1-33H. The van der Waals surface area contributed by atoms with E-state index in [-0.39, 0.29) is 0 Å². The third kappa shape index (κ3) is 5.20. The maximum absolute atomic E-state index is 6.75. The van der Waals surface area contributed by atoms with Crippen molar-refractivity contribution < 1.29 is 8.83 Å². The lowest BCUT2D eigenvalue weighted by Crippen LogP contribution is -2.11. The summed E-state index contributed by atoms with van der Waals surface area (Å²) in [5.41, 5.74) is 13.5. The number of para-hydroxylation sites is 3. The second kappa shape index (κ2) is 12.6. The van der Waals surface area contributed by atoms with Gasteiger partial charge in [-0.3, -0.25) is 0 Å². The summed E-state index contributed by atoms with van der Waals surface area (Å²) < 4.78 is 13.0. The van der Waals surface area contributed by atoms with E-state index in [4.69, 9.17) is 8.83 Å². The molecule has 258 valence electrons. The molecule has 0 fully saturated rings. The van der Waals surface area contributed by atoms with Crippen molar-refractivity contribution in [2.45, 2.75) is 0 Å². The van der Waals surface area contributed by atoms with Crippen LogP contribution in [-0.2, 0) is 0 Å². The Balaban J connectivity index is 1.08. The van der Waals surface area contributed by atoms with Gasteiger partial charge >= 0.3 is 0 Å². The van der Waals surface area contributed by atoms with Gasteiger partial charge in [-0.2, -0.15) is 0 Å². The lowest BCUT2D eigenvalue weighted by Gasteiger charge is -2.28. The van der Waals surface area contributed by atoms with E-state index in [2.05, 4.69) is 187 Å². The molecule has 11 aromatic rings. The molecular formula is C52H33NO2. The van der Waals surface area contributed by atoms with Gasteiger partial charge in [-0.15, -0.1) is 0 Å². The van der Waals surface area contributed by atoms with Gasteiger partial charge < -0.3 is 13.7 Å². The summed E-state index contributed by atoms with van der Waals surface area (Å²) >= 11 is 0. The number of hydrogen-bond donors (Lipinski definition) is 0. The first kappa shape index (κ1) is 31.2. The van der Waals surface area contributed by atoms with Crippen LogP contribution in [-0.4, -0.2) is 0 Å². The Kier molecular flexibility index (Phi) is 7.17. The summed E-state index contributed by atoms with van der Waals surface area (Å²) in [5.74, 6) is 0. The van der Waals surface area contributed by atoms with E-state index in [9.17, 15) is 0 Å². The van der Waals surface area contributed by atoms with Gasteiger partial charge in [0.15, 0.2) is 0 Å². The summed E-state index contributed by atoms with van der Waals surface area (Å²) in [6.07, 6.45) is 0. The summed E-state index contributed by atoms with van der Waals surface area (Å²) in [7, 11) is 0. The Hall–Kier alpha value is -7.36. The fourth-order valence-electron chi connectivity index (χ4n) is 8.24. The van der Waals surface area contributed by atoms with Gasteiger partial charge in [0.1, 0.15) is 22.3 Å². The molecule has 3 nitrogen and oxygen atoms in total. The molecule has 2 heterocycles. The van der Waals surface area contributed by atoms with Gasteiger partial charge in [0.05, 0.1) is 5.69 Å². The van der Waals surface area contributed by atoms with Crippen LogP contribution >= 0.6 is 0 Å². The quantitative estimate of drug-likeness (QED) is 0.173. The van der Waals surface area contributed by atoms with Gasteiger partial charge in [-0.25, -0.2) is 0 Å². The molecule has 11 rings (SSSR count). The molecule has 55 heavy (non-hydrogen) atoms. The van der Waals surface area contributed by atoms with Crippen molar-refractivity contribution in [2.75, 3.05) is 4.90 Å². The lowest BCUT2D eigenvalue weighted by molar-refractivity contribution is 0.669. The molecule has 9 aromatic carbocycles. The molecule has 3 heteroatoms. The summed E-state index contributed by atoms with van der Waals surface area (Å²) in [5, 5.41) is 6.90. The van der Waals surface area contributed by atoms with Gasteiger partial charge in [0.2, 0.25) is 0 Å². The molecule has 0 aliphatic rings. The van der Waals surface area contributed by atoms with Gasteiger partial charge in [-0.1, -0.05) is 140 Å². The first-order valence-electron chi connectivity index (χ1n) is 18.7. The summed E-state index contributed by atoms with van der Waals surface area (Å²) in [4.78, 5) is 2.36. The average molecular weight is 704 g/mol. The maximum atomic E-state index is 6.75. The predicted molar refractivity (Wildman–Crippen MR) is 229 cm³/mol. The fourth-order valence-corrected chi connectivity index (χ4v) is 8.24. The zero-order valence-corrected chi connectivity index (χ0v) is 29.8. The largest absolute Gasteiger partial charge is 0.456 e. The van der Waals surface area contributed by atoms with Crippen LogP contribution in [0.4, 0.5) is 17.1 Å². The minimum atomic E-state index is 0.886. The number of benzene rings is 9. The number of furan rings is 2. The minimum absolute atomic E-state index is 0.886. The smallest absolute Gasteiger partial charge is 0.143 e. The highest BCUT2D eigenvalue weighted by atomic mass is 16.3. The molecule has 0 unspecified atom stereocenters. The third-order valence-corrected chi connectivity index (χ3v) is 10.9. The van der Waals surface area contributed by atoms with Crippen LogP contribution in [0.2, 0.25) is 0 Å². The number of nitrogens with zero attached hydrogens (tertiary/aromatic N) is 1. The van der Waals surface area contributed by atoms with Crippen LogP contribution in [0.15, 0.2) is 209 Å². The zero-order valence-electron chi connectivity index (χ0n) is 29.8. The van der Waals surface area contributed by atoms with E-state index in [0.717, 1.165) is 83.2 Å². The highest BCUT2D eigenvalue weighted by Gasteiger charge is 2.22. The second-order valence-electron chi connectivity index (χ2n) is 14.1. The number of anilines is 3. The molecule has 0 aliphatic carbocycles. The molecule has 0 saturated carbocycles. The Morgan fingerprint density at radius 1 is 0.327 bits per heavy atom. The number of rotatable bonds is 6. The summed E-state index contributed by atoms with van der Waals surface area (Å²) in [6, 6.07) is 70.9. The van der Waals surface area contributed by atoms with Gasteiger partial charge in [-0.05, 0) is 93.7 Å². The van der Waals surface area contributed by atoms with Crippen LogP contribution in [0.5, 0.6) is 0 Å². The fraction of sp³-hybridized carbons (Fsp3) is 0. The Morgan fingerprint density at radius 2 is 0.873 bits per heavy atom. The zero-order chi connectivity index (χ0) is 36.3. The lowest BCUT2D eigenvalue weighted by atomic mass is 9.94. The SMILES string of the molecule is c1ccc(-c2ccc(N(c3ccc(-c4ccc5c(c4)oc4ccccc45)cc3)c3ccccc3-c3cc4ccccc4c4c3oc3ccccc34)cc2)cc1. The molecule has 0 amide bonds. The Labute approximate surface area is 317 Å². The molecule has 0 aliphatic heterocycles. The van der Waals surface area contributed by atoms with E-state index in [1.165, 1.54) is 21.9 Å².